The number of benzene rings is 1. The standard InChI is InChI=1S/C18H21FN4O3/c1-13-10-17(23-6-8-25-9-7-23)22-16(21-13)11-20-18(24)12-26-15-4-2-14(19)3-5-15/h2-5,10H,6-9,11-12H2,1H3,(H,20,24). The third kappa shape index (κ3) is 5.13. The lowest BCUT2D eigenvalue weighted by Crippen LogP contribution is -2.37. The molecule has 0 aliphatic carbocycles. The molecule has 3 rings (SSSR count). The molecular formula is C18H21FN4O3. The van der Waals surface area contributed by atoms with Crippen LogP contribution in [-0.2, 0) is 16.1 Å². The van der Waals surface area contributed by atoms with Gasteiger partial charge < -0.3 is 19.7 Å². The van der Waals surface area contributed by atoms with Crippen LogP contribution in [0.4, 0.5) is 10.2 Å². The molecule has 0 bridgehead atoms. The zero-order valence-electron chi connectivity index (χ0n) is 14.6. The third-order valence-corrected chi connectivity index (χ3v) is 3.85. The molecule has 1 aliphatic rings. The van der Waals surface area contributed by atoms with Gasteiger partial charge in [0.2, 0.25) is 0 Å². The van der Waals surface area contributed by atoms with E-state index in [1.165, 1.54) is 24.3 Å². The molecule has 0 radical (unpaired) electrons. The van der Waals surface area contributed by atoms with Crippen LogP contribution in [0.2, 0.25) is 0 Å². The second kappa shape index (κ2) is 8.57. The van der Waals surface area contributed by atoms with E-state index < -0.39 is 0 Å². The van der Waals surface area contributed by atoms with Gasteiger partial charge in [0, 0.05) is 24.8 Å². The smallest absolute Gasteiger partial charge is 0.258 e. The summed E-state index contributed by atoms with van der Waals surface area (Å²) in [6.45, 7) is 4.88. The maximum atomic E-state index is 12.8. The van der Waals surface area contributed by atoms with Crippen LogP contribution in [0.15, 0.2) is 30.3 Å². The van der Waals surface area contributed by atoms with E-state index in [2.05, 4.69) is 20.2 Å². The summed E-state index contributed by atoms with van der Waals surface area (Å²) in [6.07, 6.45) is 0. The van der Waals surface area contributed by atoms with Crippen molar-refractivity contribution < 1.29 is 18.7 Å². The molecule has 138 valence electrons. The Bertz CT molecular complexity index is 749. The van der Waals surface area contributed by atoms with E-state index >= 15 is 0 Å². The summed E-state index contributed by atoms with van der Waals surface area (Å²) >= 11 is 0. The molecule has 1 saturated heterocycles. The molecule has 0 spiro atoms. The molecule has 8 heteroatoms. The highest BCUT2D eigenvalue weighted by Gasteiger charge is 2.14. The Labute approximate surface area is 151 Å². The van der Waals surface area contributed by atoms with Gasteiger partial charge in [0.1, 0.15) is 23.2 Å². The highest BCUT2D eigenvalue weighted by Crippen LogP contribution is 2.14. The molecular weight excluding hydrogens is 339 g/mol. The first-order chi connectivity index (χ1) is 12.6. The molecule has 0 atom stereocenters. The van der Waals surface area contributed by atoms with Crippen molar-refractivity contribution in [2.75, 3.05) is 37.8 Å². The second-order valence-corrected chi connectivity index (χ2v) is 5.90. The van der Waals surface area contributed by atoms with Crippen LogP contribution < -0.4 is 15.0 Å². The van der Waals surface area contributed by atoms with Crippen molar-refractivity contribution in [3.63, 3.8) is 0 Å². The lowest BCUT2D eigenvalue weighted by Gasteiger charge is -2.28. The van der Waals surface area contributed by atoms with Gasteiger partial charge in [0.15, 0.2) is 6.61 Å². The van der Waals surface area contributed by atoms with Crippen LogP contribution in [0.3, 0.4) is 0 Å². The van der Waals surface area contributed by atoms with Crippen molar-refractivity contribution in [2.45, 2.75) is 13.5 Å². The zero-order chi connectivity index (χ0) is 18.4. The lowest BCUT2D eigenvalue weighted by atomic mass is 10.3. The van der Waals surface area contributed by atoms with Crippen LogP contribution in [0, 0.1) is 12.7 Å². The Morgan fingerprint density at radius 3 is 2.73 bits per heavy atom. The van der Waals surface area contributed by atoms with E-state index in [1.54, 1.807) is 0 Å². The minimum Gasteiger partial charge on any atom is -0.484 e. The number of hydrogen-bond acceptors (Lipinski definition) is 6. The molecule has 2 aromatic rings. The van der Waals surface area contributed by atoms with Crippen LogP contribution in [0.25, 0.3) is 0 Å². The predicted octanol–water partition coefficient (Wildman–Crippen LogP) is 1.46. The third-order valence-electron chi connectivity index (χ3n) is 3.85. The first-order valence-electron chi connectivity index (χ1n) is 8.42. The Hall–Kier alpha value is -2.74. The predicted molar refractivity (Wildman–Crippen MR) is 93.5 cm³/mol. The average Bonchev–Trinajstić information content (AvgIpc) is 2.66. The summed E-state index contributed by atoms with van der Waals surface area (Å²) in [5.41, 5.74) is 0.841. The summed E-state index contributed by atoms with van der Waals surface area (Å²) in [4.78, 5) is 23.0. The van der Waals surface area contributed by atoms with Crippen LogP contribution in [-0.4, -0.2) is 48.8 Å². The number of aryl methyl sites for hydroxylation is 1. The number of nitrogens with one attached hydrogen (secondary N) is 1. The number of carbonyl (C=O) groups is 1. The number of anilines is 1. The van der Waals surface area contributed by atoms with Crippen molar-refractivity contribution in [2.24, 2.45) is 0 Å². The van der Waals surface area contributed by atoms with Gasteiger partial charge in [-0.2, -0.15) is 0 Å². The van der Waals surface area contributed by atoms with E-state index in [1.807, 2.05) is 13.0 Å². The van der Waals surface area contributed by atoms with Crippen molar-refractivity contribution in [3.05, 3.63) is 47.7 Å². The number of hydrogen-bond donors (Lipinski definition) is 1. The normalized spacial score (nSPS) is 14.2. The van der Waals surface area contributed by atoms with Crippen LogP contribution in [0.5, 0.6) is 5.75 Å². The molecule has 1 aromatic heterocycles. The topological polar surface area (TPSA) is 76.6 Å². The van der Waals surface area contributed by atoms with Crippen molar-refractivity contribution in [1.82, 2.24) is 15.3 Å². The van der Waals surface area contributed by atoms with Crippen molar-refractivity contribution >= 4 is 11.7 Å². The summed E-state index contributed by atoms with van der Waals surface area (Å²) in [7, 11) is 0. The number of morpholine rings is 1. The summed E-state index contributed by atoms with van der Waals surface area (Å²) in [5, 5.41) is 2.73. The molecule has 7 nitrogen and oxygen atoms in total. The minimum absolute atomic E-state index is 0.159. The number of aromatic nitrogens is 2. The molecule has 1 amide bonds. The number of carbonyl (C=O) groups excluding carboxylic acids is 1. The van der Waals surface area contributed by atoms with E-state index in [0.29, 0.717) is 24.8 Å². The van der Waals surface area contributed by atoms with Gasteiger partial charge in [-0.3, -0.25) is 4.79 Å². The lowest BCUT2D eigenvalue weighted by molar-refractivity contribution is -0.123. The second-order valence-electron chi connectivity index (χ2n) is 5.90. The number of nitrogens with zero attached hydrogens (tertiary/aromatic N) is 3. The number of halogens is 1. The average molecular weight is 360 g/mol. The van der Waals surface area contributed by atoms with Gasteiger partial charge >= 0.3 is 0 Å². The molecule has 1 aromatic carbocycles. The van der Waals surface area contributed by atoms with Gasteiger partial charge in [0.05, 0.1) is 19.8 Å². The number of amides is 1. The van der Waals surface area contributed by atoms with E-state index in [4.69, 9.17) is 9.47 Å². The van der Waals surface area contributed by atoms with Crippen molar-refractivity contribution in [1.29, 1.82) is 0 Å². The Morgan fingerprint density at radius 2 is 2.00 bits per heavy atom. The van der Waals surface area contributed by atoms with E-state index in [-0.39, 0.29) is 24.9 Å². The molecule has 2 heterocycles. The molecule has 26 heavy (non-hydrogen) atoms. The quantitative estimate of drug-likeness (QED) is 0.840. The van der Waals surface area contributed by atoms with Gasteiger partial charge in [-0.15, -0.1) is 0 Å². The van der Waals surface area contributed by atoms with Crippen molar-refractivity contribution in [3.8, 4) is 5.75 Å². The minimum atomic E-state index is -0.352. The first kappa shape index (κ1) is 18.1. The van der Waals surface area contributed by atoms with Crippen LogP contribution in [0.1, 0.15) is 11.5 Å². The molecule has 1 fully saturated rings. The molecule has 1 aliphatic heterocycles. The molecule has 0 unspecified atom stereocenters. The van der Waals surface area contributed by atoms with Gasteiger partial charge in [-0.25, -0.2) is 14.4 Å². The zero-order valence-corrected chi connectivity index (χ0v) is 14.6. The fraction of sp³-hybridized carbons (Fsp3) is 0.389. The Morgan fingerprint density at radius 1 is 1.27 bits per heavy atom. The largest absolute Gasteiger partial charge is 0.484 e. The highest BCUT2D eigenvalue weighted by molar-refractivity contribution is 5.77. The van der Waals surface area contributed by atoms with Crippen LogP contribution >= 0.6 is 0 Å². The van der Waals surface area contributed by atoms with Gasteiger partial charge in [0.25, 0.3) is 5.91 Å². The van der Waals surface area contributed by atoms with Gasteiger partial charge in [-0.1, -0.05) is 0 Å². The van der Waals surface area contributed by atoms with E-state index in [0.717, 1.165) is 24.6 Å². The number of ether oxygens (including phenoxy) is 2. The Kier molecular flexibility index (Phi) is 5.96. The number of rotatable bonds is 6. The SMILES string of the molecule is Cc1cc(N2CCOCC2)nc(CNC(=O)COc2ccc(F)cc2)n1. The molecule has 0 saturated carbocycles. The Balaban J connectivity index is 1.52. The summed E-state index contributed by atoms with van der Waals surface area (Å²) in [6, 6.07) is 7.43. The maximum Gasteiger partial charge on any atom is 0.258 e. The first-order valence-corrected chi connectivity index (χ1v) is 8.42. The summed E-state index contributed by atoms with van der Waals surface area (Å²) in [5.74, 6) is 1.17. The fourth-order valence-corrected chi connectivity index (χ4v) is 2.55. The monoisotopic (exact) mass is 360 g/mol. The summed E-state index contributed by atoms with van der Waals surface area (Å²) < 4.78 is 23.5. The van der Waals surface area contributed by atoms with Gasteiger partial charge in [-0.05, 0) is 31.2 Å². The maximum absolute atomic E-state index is 12.8. The molecule has 1 N–H and O–H groups in total. The van der Waals surface area contributed by atoms with E-state index in [9.17, 15) is 9.18 Å². The fourth-order valence-electron chi connectivity index (χ4n) is 2.55. The highest BCUT2D eigenvalue weighted by atomic mass is 19.1.